The second kappa shape index (κ2) is 11.6. The molecule has 0 bridgehead atoms. The zero-order chi connectivity index (χ0) is 26.7. The van der Waals surface area contributed by atoms with Gasteiger partial charge in [0.15, 0.2) is 12.3 Å². The van der Waals surface area contributed by atoms with Crippen LogP contribution in [0.4, 0.5) is 0 Å². The van der Waals surface area contributed by atoms with Crippen LogP contribution in [0.25, 0.3) is 0 Å². The van der Waals surface area contributed by atoms with Crippen molar-refractivity contribution < 1.29 is 24.2 Å². The Morgan fingerprint density at radius 2 is 1.95 bits per heavy atom. The van der Waals surface area contributed by atoms with Gasteiger partial charge in [0.25, 0.3) is 5.91 Å². The van der Waals surface area contributed by atoms with Crippen molar-refractivity contribution in [3.05, 3.63) is 23.4 Å². The van der Waals surface area contributed by atoms with E-state index in [0.717, 1.165) is 32.1 Å². The second-order valence-corrected chi connectivity index (χ2v) is 12.4. The van der Waals surface area contributed by atoms with Gasteiger partial charge in [0, 0.05) is 37.7 Å². The molecule has 0 spiro atoms. The number of halogens is 1. The van der Waals surface area contributed by atoms with Crippen LogP contribution in [-0.2, 0) is 14.4 Å². The molecule has 1 aromatic rings. The van der Waals surface area contributed by atoms with Crippen LogP contribution in [0.3, 0.4) is 0 Å². The first-order valence-corrected chi connectivity index (χ1v) is 13.7. The van der Waals surface area contributed by atoms with E-state index in [-0.39, 0.29) is 36.2 Å². The molecule has 4 rings (SSSR count). The minimum absolute atomic E-state index is 0.100. The second-order valence-electron chi connectivity index (χ2n) is 12.0. The molecule has 9 nitrogen and oxygen atoms in total. The minimum Gasteiger partial charge on any atom is -0.453 e. The van der Waals surface area contributed by atoms with Gasteiger partial charge in [-0.25, -0.2) is 4.98 Å². The molecular formula is C27H39ClN4O5. The lowest BCUT2D eigenvalue weighted by Crippen LogP contribution is -2.53. The summed E-state index contributed by atoms with van der Waals surface area (Å²) in [6, 6.07) is 2.74. The van der Waals surface area contributed by atoms with Crippen molar-refractivity contribution in [1.82, 2.24) is 20.5 Å². The number of pyridine rings is 1. The van der Waals surface area contributed by atoms with E-state index in [1.165, 1.54) is 6.20 Å². The fourth-order valence-electron chi connectivity index (χ4n) is 4.84. The lowest BCUT2D eigenvalue weighted by molar-refractivity contribution is -0.138. The Bertz CT molecular complexity index is 974. The lowest BCUT2D eigenvalue weighted by Gasteiger charge is -2.32. The van der Waals surface area contributed by atoms with E-state index in [2.05, 4.69) is 15.6 Å². The largest absolute Gasteiger partial charge is 0.453 e. The Balaban J connectivity index is 1.45. The number of ether oxygens (including phenoxy) is 1. The Hall–Kier alpha value is -2.39. The topological polar surface area (TPSA) is 121 Å². The summed E-state index contributed by atoms with van der Waals surface area (Å²) in [5, 5.41) is 17.1. The van der Waals surface area contributed by atoms with Crippen LogP contribution < -0.4 is 15.4 Å². The van der Waals surface area contributed by atoms with Crippen LogP contribution in [0.15, 0.2) is 18.3 Å². The first-order chi connectivity index (χ1) is 17.5. The Morgan fingerprint density at radius 3 is 2.51 bits per heavy atom. The molecule has 1 aliphatic heterocycles. The Morgan fingerprint density at radius 1 is 1.22 bits per heavy atom. The van der Waals surface area contributed by atoms with Crippen LogP contribution in [0.2, 0.25) is 5.02 Å². The van der Waals surface area contributed by atoms with Gasteiger partial charge in [0.05, 0.1) is 17.0 Å². The highest BCUT2D eigenvalue weighted by Crippen LogP contribution is 2.33. The average Bonchev–Trinajstić information content (AvgIpc) is 3.50. The van der Waals surface area contributed by atoms with Crippen molar-refractivity contribution in [3.63, 3.8) is 0 Å². The number of rotatable bonds is 10. The van der Waals surface area contributed by atoms with Gasteiger partial charge in [-0.1, -0.05) is 51.6 Å². The standard InChI is InChI=1S/C27H39ClN4O5/c1-27(2,3)13-22(33)32-15-17(12-23(32)37-21-10-7-18(28)14-29-21)25(35)31-20(11-16-5-4-6-16)24(34)26(36)30-19-8-9-19/h7,10,14,16-17,19-20,23-24,34H,4-6,8-9,11-13,15H2,1-3H3,(H,30,36)(H,31,35)/t17-,20+,23+,24?/m1/s1. The maximum absolute atomic E-state index is 13.4. The fourth-order valence-corrected chi connectivity index (χ4v) is 4.95. The quantitative estimate of drug-likeness (QED) is 0.424. The zero-order valence-electron chi connectivity index (χ0n) is 21.9. The summed E-state index contributed by atoms with van der Waals surface area (Å²) in [5.41, 5.74) is -0.229. The van der Waals surface area contributed by atoms with E-state index >= 15 is 0 Å². The Kier molecular flexibility index (Phi) is 8.63. The van der Waals surface area contributed by atoms with Crippen molar-refractivity contribution in [2.24, 2.45) is 17.3 Å². The van der Waals surface area contributed by atoms with Crippen LogP contribution in [-0.4, -0.2) is 63.7 Å². The van der Waals surface area contributed by atoms with E-state index < -0.39 is 30.2 Å². The SMILES string of the molecule is CC(C)(C)CC(=O)N1C[C@H](C(=O)N[C@@H](CC2CCC2)C(O)C(=O)NC2CC2)C[C@@H]1Oc1ccc(Cl)cn1. The highest BCUT2D eigenvalue weighted by atomic mass is 35.5. The molecule has 2 saturated carbocycles. The van der Waals surface area contributed by atoms with E-state index in [9.17, 15) is 19.5 Å². The highest BCUT2D eigenvalue weighted by Gasteiger charge is 2.43. The summed E-state index contributed by atoms with van der Waals surface area (Å²) >= 11 is 5.94. The van der Waals surface area contributed by atoms with Crippen LogP contribution in [0.1, 0.15) is 72.1 Å². The van der Waals surface area contributed by atoms with E-state index in [4.69, 9.17) is 16.3 Å². The number of likely N-dealkylation sites (tertiary alicyclic amines) is 1. The molecule has 1 saturated heterocycles. The normalized spacial score (nSPS) is 23.6. The van der Waals surface area contributed by atoms with Crippen molar-refractivity contribution in [1.29, 1.82) is 0 Å². The van der Waals surface area contributed by atoms with Gasteiger partial charge in [-0.15, -0.1) is 0 Å². The molecule has 3 N–H and O–H groups in total. The summed E-state index contributed by atoms with van der Waals surface area (Å²) in [6.45, 7) is 6.15. The molecule has 2 heterocycles. The summed E-state index contributed by atoms with van der Waals surface area (Å²) in [6.07, 6.45) is 5.67. The van der Waals surface area contributed by atoms with E-state index in [1.807, 2.05) is 20.8 Å². The minimum atomic E-state index is -1.31. The molecule has 3 aliphatic rings. The average molecular weight is 535 g/mol. The van der Waals surface area contributed by atoms with Gasteiger partial charge in [-0.05, 0) is 36.7 Å². The molecular weight excluding hydrogens is 496 g/mol. The molecule has 0 radical (unpaired) electrons. The van der Waals surface area contributed by atoms with Crippen molar-refractivity contribution in [2.75, 3.05) is 6.54 Å². The summed E-state index contributed by atoms with van der Waals surface area (Å²) in [5.74, 6) is -0.657. The molecule has 37 heavy (non-hydrogen) atoms. The predicted molar refractivity (Wildman–Crippen MR) is 139 cm³/mol. The van der Waals surface area contributed by atoms with Gasteiger partial charge in [0.2, 0.25) is 17.7 Å². The molecule has 0 aromatic carbocycles. The lowest BCUT2D eigenvalue weighted by atomic mass is 9.79. The highest BCUT2D eigenvalue weighted by molar-refractivity contribution is 6.30. The molecule has 3 fully saturated rings. The monoisotopic (exact) mass is 534 g/mol. The van der Waals surface area contributed by atoms with Crippen molar-refractivity contribution in [3.8, 4) is 5.88 Å². The third-order valence-electron chi connectivity index (χ3n) is 7.29. The number of aliphatic hydroxyl groups is 1. The molecule has 204 valence electrons. The van der Waals surface area contributed by atoms with Gasteiger partial charge in [-0.2, -0.15) is 0 Å². The van der Waals surface area contributed by atoms with Gasteiger partial charge >= 0.3 is 0 Å². The number of hydrogen-bond acceptors (Lipinski definition) is 6. The molecule has 1 unspecified atom stereocenters. The van der Waals surface area contributed by atoms with Gasteiger partial charge in [-0.3, -0.25) is 14.4 Å². The van der Waals surface area contributed by atoms with Gasteiger partial charge in [0.1, 0.15) is 0 Å². The van der Waals surface area contributed by atoms with Gasteiger partial charge < -0.3 is 25.4 Å². The number of carbonyl (C=O) groups excluding carboxylic acids is 3. The maximum atomic E-state index is 13.4. The summed E-state index contributed by atoms with van der Waals surface area (Å²) < 4.78 is 6.03. The third-order valence-corrected chi connectivity index (χ3v) is 7.52. The number of aromatic nitrogens is 1. The van der Waals surface area contributed by atoms with E-state index in [1.54, 1.807) is 17.0 Å². The van der Waals surface area contributed by atoms with Crippen LogP contribution in [0.5, 0.6) is 5.88 Å². The Labute approximate surface area is 223 Å². The summed E-state index contributed by atoms with van der Waals surface area (Å²) in [4.78, 5) is 45.0. The molecule has 3 amide bonds. The third kappa shape index (κ3) is 7.80. The van der Waals surface area contributed by atoms with Crippen molar-refractivity contribution >= 4 is 29.3 Å². The van der Waals surface area contributed by atoms with Crippen LogP contribution in [0, 0.1) is 17.3 Å². The number of carbonyl (C=O) groups is 3. The smallest absolute Gasteiger partial charge is 0.251 e. The summed E-state index contributed by atoms with van der Waals surface area (Å²) in [7, 11) is 0. The number of hydrogen-bond donors (Lipinski definition) is 3. The van der Waals surface area contributed by atoms with Crippen LogP contribution >= 0.6 is 11.6 Å². The maximum Gasteiger partial charge on any atom is 0.251 e. The fraction of sp³-hybridized carbons (Fsp3) is 0.704. The molecule has 10 heteroatoms. The number of nitrogens with zero attached hydrogens (tertiary/aromatic N) is 2. The molecule has 2 aliphatic carbocycles. The number of amides is 3. The first-order valence-electron chi connectivity index (χ1n) is 13.3. The number of aliphatic hydroxyl groups excluding tert-OH is 1. The van der Waals surface area contributed by atoms with E-state index in [0.29, 0.717) is 29.7 Å². The zero-order valence-corrected chi connectivity index (χ0v) is 22.7. The molecule has 1 aromatic heterocycles. The first kappa shape index (κ1) is 27.6. The predicted octanol–water partition coefficient (Wildman–Crippen LogP) is 3.04. The van der Waals surface area contributed by atoms with Crippen molar-refractivity contribution in [2.45, 2.75) is 96.6 Å². The number of nitrogens with one attached hydrogen (secondary N) is 2. The molecule has 4 atom stereocenters.